The van der Waals surface area contributed by atoms with E-state index in [0.29, 0.717) is 6.42 Å². The highest BCUT2D eigenvalue weighted by Crippen LogP contribution is 2.18. The minimum Gasteiger partial charge on any atom is -0.467 e. The summed E-state index contributed by atoms with van der Waals surface area (Å²) in [6, 6.07) is 1.70. The van der Waals surface area contributed by atoms with Gasteiger partial charge in [-0.3, -0.25) is 0 Å². The summed E-state index contributed by atoms with van der Waals surface area (Å²) in [6.07, 6.45) is 2.16. The maximum Gasteiger partial charge on any atom is 0.123 e. The molecule has 0 spiro atoms. The zero-order chi connectivity index (χ0) is 8.27. The third-order valence-corrected chi connectivity index (χ3v) is 1.68. The molecule has 3 heteroatoms. The first-order valence-electron chi connectivity index (χ1n) is 3.66. The van der Waals surface area contributed by atoms with Crippen LogP contribution in [-0.2, 0) is 0 Å². The molecule has 0 aromatic carbocycles. The quantitative estimate of drug-likeness (QED) is 0.683. The molecule has 11 heavy (non-hydrogen) atoms. The largest absolute Gasteiger partial charge is 0.467 e. The zero-order valence-electron chi connectivity index (χ0n) is 6.58. The summed E-state index contributed by atoms with van der Waals surface area (Å²) < 4.78 is 5.14. The molecule has 1 rings (SSSR count). The van der Waals surface area contributed by atoms with Gasteiger partial charge >= 0.3 is 0 Å². The lowest BCUT2D eigenvalue weighted by molar-refractivity contribution is 0.268. The lowest BCUT2D eigenvalue weighted by Crippen LogP contribution is -2.11. The third-order valence-electron chi connectivity index (χ3n) is 1.68. The second kappa shape index (κ2) is 3.55. The van der Waals surface area contributed by atoms with Gasteiger partial charge in [-0.1, -0.05) is 0 Å². The van der Waals surface area contributed by atoms with Crippen LogP contribution in [-0.4, -0.2) is 11.7 Å². The maximum atomic E-state index is 8.60. The van der Waals surface area contributed by atoms with Gasteiger partial charge in [0.05, 0.1) is 12.3 Å². The van der Waals surface area contributed by atoms with Crippen LogP contribution in [0.3, 0.4) is 0 Å². The minimum absolute atomic E-state index is 0.0985. The first-order valence-corrected chi connectivity index (χ1v) is 3.66. The predicted octanol–water partition coefficient (Wildman–Crippen LogP) is 0.970. The van der Waals surface area contributed by atoms with Crippen molar-refractivity contribution in [3.8, 4) is 0 Å². The molecule has 1 atom stereocenters. The molecule has 0 bridgehead atoms. The van der Waals surface area contributed by atoms with E-state index in [0.717, 1.165) is 11.3 Å². The standard InChI is InChI=1S/C8H13NO2/c1-6-3-5-11-8(6)7(9)2-4-10/h3,5,7,10H,2,4,9H2,1H3. The highest BCUT2D eigenvalue weighted by atomic mass is 16.3. The molecule has 0 saturated heterocycles. The zero-order valence-corrected chi connectivity index (χ0v) is 6.58. The number of rotatable bonds is 3. The monoisotopic (exact) mass is 155 g/mol. The number of nitrogens with two attached hydrogens (primary N) is 1. The highest BCUT2D eigenvalue weighted by molar-refractivity contribution is 5.17. The fourth-order valence-corrected chi connectivity index (χ4v) is 1.03. The first-order chi connectivity index (χ1) is 5.25. The fourth-order valence-electron chi connectivity index (χ4n) is 1.03. The molecule has 3 nitrogen and oxygen atoms in total. The summed E-state index contributed by atoms with van der Waals surface area (Å²) in [6.45, 7) is 2.04. The normalized spacial score (nSPS) is 13.4. The molecule has 1 aromatic rings. The summed E-state index contributed by atoms with van der Waals surface area (Å²) in [5, 5.41) is 8.60. The van der Waals surface area contributed by atoms with Crippen molar-refractivity contribution in [2.45, 2.75) is 19.4 Å². The van der Waals surface area contributed by atoms with Crippen molar-refractivity contribution in [3.63, 3.8) is 0 Å². The number of aliphatic hydroxyl groups is 1. The number of hydrogen-bond acceptors (Lipinski definition) is 3. The van der Waals surface area contributed by atoms with Crippen LogP contribution in [0.4, 0.5) is 0 Å². The van der Waals surface area contributed by atoms with Crippen LogP contribution in [0.15, 0.2) is 16.7 Å². The second-order valence-corrected chi connectivity index (χ2v) is 2.59. The summed E-state index contributed by atoms with van der Waals surface area (Å²) in [7, 11) is 0. The van der Waals surface area contributed by atoms with Crippen LogP contribution in [0.25, 0.3) is 0 Å². The van der Waals surface area contributed by atoms with Gasteiger partial charge < -0.3 is 15.3 Å². The van der Waals surface area contributed by atoms with Crippen molar-refractivity contribution in [1.82, 2.24) is 0 Å². The Kier molecular flexibility index (Phi) is 2.68. The average Bonchev–Trinajstić information content (AvgIpc) is 2.36. The molecule has 0 aliphatic heterocycles. The average molecular weight is 155 g/mol. The van der Waals surface area contributed by atoms with E-state index in [1.165, 1.54) is 0 Å². The Balaban J connectivity index is 2.67. The molecule has 0 aliphatic carbocycles. The van der Waals surface area contributed by atoms with Crippen LogP contribution in [0.2, 0.25) is 0 Å². The van der Waals surface area contributed by atoms with Crippen molar-refractivity contribution >= 4 is 0 Å². The topological polar surface area (TPSA) is 59.4 Å². The van der Waals surface area contributed by atoms with E-state index in [1.54, 1.807) is 6.26 Å². The molecule has 0 radical (unpaired) electrons. The van der Waals surface area contributed by atoms with Gasteiger partial charge in [0.25, 0.3) is 0 Å². The SMILES string of the molecule is Cc1ccoc1C(N)CCO. The highest BCUT2D eigenvalue weighted by Gasteiger charge is 2.10. The number of hydrogen-bond donors (Lipinski definition) is 2. The smallest absolute Gasteiger partial charge is 0.123 e. The molecule has 0 saturated carbocycles. The van der Waals surface area contributed by atoms with Gasteiger partial charge in [0, 0.05) is 6.61 Å². The molecule has 1 heterocycles. The Morgan fingerprint density at radius 3 is 2.91 bits per heavy atom. The predicted molar refractivity (Wildman–Crippen MR) is 42.1 cm³/mol. The van der Waals surface area contributed by atoms with Crippen LogP contribution in [0, 0.1) is 6.92 Å². The molecule has 1 aromatic heterocycles. The number of furan rings is 1. The lowest BCUT2D eigenvalue weighted by Gasteiger charge is -2.06. The Hall–Kier alpha value is -0.800. The summed E-state index contributed by atoms with van der Waals surface area (Å²) >= 11 is 0. The number of aliphatic hydroxyl groups excluding tert-OH is 1. The van der Waals surface area contributed by atoms with E-state index in [-0.39, 0.29) is 12.6 Å². The van der Waals surface area contributed by atoms with Gasteiger partial charge in [-0.15, -0.1) is 0 Å². The van der Waals surface area contributed by atoms with E-state index in [4.69, 9.17) is 15.3 Å². The molecule has 1 unspecified atom stereocenters. The Morgan fingerprint density at radius 1 is 1.73 bits per heavy atom. The molecule has 0 fully saturated rings. The van der Waals surface area contributed by atoms with Gasteiger partial charge in [0.2, 0.25) is 0 Å². The lowest BCUT2D eigenvalue weighted by atomic mass is 10.1. The molecule has 0 aliphatic rings. The molecule has 0 amide bonds. The molecule has 3 N–H and O–H groups in total. The Labute approximate surface area is 65.8 Å². The van der Waals surface area contributed by atoms with Gasteiger partial charge in [0.15, 0.2) is 0 Å². The maximum absolute atomic E-state index is 8.60. The fraction of sp³-hybridized carbons (Fsp3) is 0.500. The van der Waals surface area contributed by atoms with E-state index >= 15 is 0 Å². The van der Waals surface area contributed by atoms with E-state index in [2.05, 4.69) is 0 Å². The van der Waals surface area contributed by atoms with Gasteiger partial charge in [-0.05, 0) is 25.0 Å². The number of aryl methyl sites for hydroxylation is 1. The first kappa shape index (κ1) is 8.30. The van der Waals surface area contributed by atoms with E-state index in [1.807, 2.05) is 13.0 Å². The molecule has 62 valence electrons. The molecular weight excluding hydrogens is 142 g/mol. The van der Waals surface area contributed by atoms with E-state index < -0.39 is 0 Å². The molecular formula is C8H13NO2. The van der Waals surface area contributed by atoms with Crippen molar-refractivity contribution in [1.29, 1.82) is 0 Å². The second-order valence-electron chi connectivity index (χ2n) is 2.59. The van der Waals surface area contributed by atoms with Crippen molar-refractivity contribution < 1.29 is 9.52 Å². The Bertz CT molecular complexity index is 220. The van der Waals surface area contributed by atoms with Gasteiger partial charge in [-0.25, -0.2) is 0 Å². The van der Waals surface area contributed by atoms with Crippen LogP contribution < -0.4 is 5.73 Å². The van der Waals surface area contributed by atoms with Gasteiger partial charge in [0.1, 0.15) is 5.76 Å². The summed E-state index contributed by atoms with van der Waals surface area (Å²) in [5.74, 6) is 0.777. The third kappa shape index (κ3) is 1.82. The van der Waals surface area contributed by atoms with Crippen LogP contribution in [0.5, 0.6) is 0 Å². The van der Waals surface area contributed by atoms with Crippen LogP contribution in [0.1, 0.15) is 23.8 Å². The van der Waals surface area contributed by atoms with Gasteiger partial charge in [-0.2, -0.15) is 0 Å². The Morgan fingerprint density at radius 2 is 2.45 bits per heavy atom. The summed E-state index contributed by atoms with van der Waals surface area (Å²) in [4.78, 5) is 0. The summed E-state index contributed by atoms with van der Waals surface area (Å²) in [5.41, 5.74) is 6.74. The van der Waals surface area contributed by atoms with Crippen molar-refractivity contribution in [2.75, 3.05) is 6.61 Å². The van der Waals surface area contributed by atoms with Crippen molar-refractivity contribution in [2.24, 2.45) is 5.73 Å². The van der Waals surface area contributed by atoms with E-state index in [9.17, 15) is 0 Å². The van der Waals surface area contributed by atoms with Crippen molar-refractivity contribution in [3.05, 3.63) is 23.7 Å². The minimum atomic E-state index is -0.171. The van der Waals surface area contributed by atoms with Crippen LogP contribution >= 0.6 is 0 Å².